The van der Waals surface area contributed by atoms with E-state index in [0.717, 1.165) is 16.9 Å². The van der Waals surface area contributed by atoms with Crippen LogP contribution in [0.4, 0.5) is 11.4 Å². The van der Waals surface area contributed by atoms with Crippen molar-refractivity contribution in [2.45, 2.75) is 0 Å². The number of nitrogens with one attached hydrogen (secondary N) is 1. The summed E-state index contributed by atoms with van der Waals surface area (Å²) in [4.78, 5) is 0. The van der Waals surface area contributed by atoms with Gasteiger partial charge in [0.15, 0.2) is 0 Å². The third-order valence-electron chi connectivity index (χ3n) is 3.13. The van der Waals surface area contributed by atoms with Gasteiger partial charge in [-0.2, -0.15) is 0 Å². The van der Waals surface area contributed by atoms with E-state index in [2.05, 4.69) is 23.5 Å². The summed E-state index contributed by atoms with van der Waals surface area (Å²) < 4.78 is 0. The maximum atomic E-state index is 6.27. The number of hydrogen-bond acceptors (Lipinski definition) is 1. The summed E-state index contributed by atoms with van der Waals surface area (Å²) in [6.45, 7) is 0. The predicted octanol–water partition coefficient (Wildman–Crippen LogP) is 5.75. The molecule has 3 aromatic rings. The Hall–Kier alpha value is -2.25. The molecule has 0 saturated heterocycles. The van der Waals surface area contributed by atoms with Crippen LogP contribution in [0.2, 0.25) is 5.02 Å². The average Bonchev–Trinajstić information content (AvgIpc) is 2.51. The molecule has 98 valence electrons. The molecule has 0 spiro atoms. The lowest BCUT2D eigenvalue weighted by molar-refractivity contribution is 1.54. The number of halogens is 1. The Morgan fingerprint density at radius 3 is 2.00 bits per heavy atom. The van der Waals surface area contributed by atoms with Gasteiger partial charge >= 0.3 is 0 Å². The number of anilines is 2. The zero-order chi connectivity index (χ0) is 13.8. The first-order valence-corrected chi connectivity index (χ1v) is 6.88. The highest BCUT2D eigenvalue weighted by Crippen LogP contribution is 2.30. The molecule has 3 aromatic carbocycles. The van der Waals surface area contributed by atoms with Crippen LogP contribution in [-0.4, -0.2) is 0 Å². The Balaban J connectivity index is 1.95. The van der Waals surface area contributed by atoms with Gasteiger partial charge in [0.2, 0.25) is 0 Å². The maximum Gasteiger partial charge on any atom is 0.0641 e. The first kappa shape index (κ1) is 12.8. The summed E-state index contributed by atoms with van der Waals surface area (Å²) in [6.07, 6.45) is 0. The fourth-order valence-electron chi connectivity index (χ4n) is 2.11. The van der Waals surface area contributed by atoms with Crippen LogP contribution in [0.5, 0.6) is 0 Å². The molecule has 0 aliphatic carbocycles. The van der Waals surface area contributed by atoms with Crippen LogP contribution >= 0.6 is 11.6 Å². The summed E-state index contributed by atoms with van der Waals surface area (Å²) in [5, 5.41) is 4.07. The van der Waals surface area contributed by atoms with Crippen molar-refractivity contribution in [3.05, 3.63) is 83.9 Å². The molecule has 1 nitrogen and oxygen atoms in total. The second-order valence-electron chi connectivity index (χ2n) is 4.55. The van der Waals surface area contributed by atoms with Crippen LogP contribution < -0.4 is 5.32 Å². The smallest absolute Gasteiger partial charge is 0.0641 e. The zero-order valence-electron chi connectivity index (χ0n) is 10.9. The second-order valence-corrected chi connectivity index (χ2v) is 4.96. The van der Waals surface area contributed by atoms with E-state index in [1.54, 1.807) is 0 Å². The normalized spacial score (nSPS) is 10.2. The Bertz CT molecular complexity index is 693. The van der Waals surface area contributed by atoms with Crippen molar-refractivity contribution in [2.24, 2.45) is 0 Å². The van der Waals surface area contributed by atoms with Gasteiger partial charge in [-0.3, -0.25) is 0 Å². The highest BCUT2D eigenvalue weighted by atomic mass is 35.5. The number of rotatable bonds is 3. The van der Waals surface area contributed by atoms with Crippen molar-refractivity contribution in [1.82, 2.24) is 0 Å². The van der Waals surface area contributed by atoms with Crippen molar-refractivity contribution in [1.29, 1.82) is 0 Å². The van der Waals surface area contributed by atoms with Crippen LogP contribution in [0.25, 0.3) is 11.1 Å². The maximum absolute atomic E-state index is 6.27. The van der Waals surface area contributed by atoms with E-state index in [1.165, 1.54) is 5.56 Å². The van der Waals surface area contributed by atoms with Crippen molar-refractivity contribution in [2.75, 3.05) is 5.32 Å². The highest BCUT2D eigenvalue weighted by molar-refractivity contribution is 6.33. The topological polar surface area (TPSA) is 12.0 Å². The lowest BCUT2D eigenvalue weighted by Gasteiger charge is -2.10. The summed E-state index contributed by atoms with van der Waals surface area (Å²) in [5.74, 6) is 0. The molecule has 2 heteroatoms. The Morgan fingerprint density at radius 2 is 1.30 bits per heavy atom. The monoisotopic (exact) mass is 279 g/mol. The van der Waals surface area contributed by atoms with Crippen LogP contribution in [0.3, 0.4) is 0 Å². The molecule has 0 bridgehead atoms. The molecule has 0 amide bonds. The standard InChI is InChI=1S/C18H14ClN/c19-17-12-11-15(14-7-3-1-4-8-14)13-18(17)20-16-9-5-2-6-10-16/h1-13,20H. The van der Waals surface area contributed by atoms with Gasteiger partial charge in [-0.1, -0.05) is 66.2 Å². The van der Waals surface area contributed by atoms with E-state index >= 15 is 0 Å². The Kier molecular flexibility index (Phi) is 3.71. The van der Waals surface area contributed by atoms with Gasteiger partial charge < -0.3 is 5.32 Å². The number of para-hydroxylation sites is 1. The summed E-state index contributed by atoms with van der Waals surface area (Å²) >= 11 is 6.27. The Labute approximate surface area is 123 Å². The fraction of sp³-hybridized carbons (Fsp3) is 0. The molecule has 0 saturated carbocycles. The van der Waals surface area contributed by atoms with E-state index in [1.807, 2.05) is 60.7 Å². The van der Waals surface area contributed by atoms with E-state index in [4.69, 9.17) is 11.6 Å². The van der Waals surface area contributed by atoms with Crippen molar-refractivity contribution >= 4 is 23.0 Å². The van der Waals surface area contributed by atoms with Gasteiger partial charge in [-0.25, -0.2) is 0 Å². The van der Waals surface area contributed by atoms with E-state index in [0.29, 0.717) is 5.02 Å². The third kappa shape index (κ3) is 2.84. The lowest BCUT2D eigenvalue weighted by Crippen LogP contribution is -1.91. The van der Waals surface area contributed by atoms with Crippen LogP contribution in [0.15, 0.2) is 78.9 Å². The van der Waals surface area contributed by atoms with Crippen molar-refractivity contribution in [3.8, 4) is 11.1 Å². The minimum Gasteiger partial charge on any atom is -0.354 e. The molecule has 3 rings (SSSR count). The first-order chi connectivity index (χ1) is 9.83. The van der Waals surface area contributed by atoms with Gasteiger partial charge in [-0.15, -0.1) is 0 Å². The van der Waals surface area contributed by atoms with Crippen molar-refractivity contribution in [3.63, 3.8) is 0 Å². The molecule has 0 aliphatic rings. The van der Waals surface area contributed by atoms with Crippen LogP contribution in [-0.2, 0) is 0 Å². The molecule has 0 radical (unpaired) electrons. The van der Waals surface area contributed by atoms with Crippen molar-refractivity contribution < 1.29 is 0 Å². The summed E-state index contributed by atoms with van der Waals surface area (Å²) in [6, 6.07) is 26.3. The van der Waals surface area contributed by atoms with Gasteiger partial charge in [-0.05, 0) is 35.4 Å². The minimum atomic E-state index is 0.716. The molecule has 0 fully saturated rings. The van der Waals surface area contributed by atoms with E-state index in [-0.39, 0.29) is 0 Å². The van der Waals surface area contributed by atoms with Gasteiger partial charge in [0.25, 0.3) is 0 Å². The van der Waals surface area contributed by atoms with Gasteiger partial charge in [0.1, 0.15) is 0 Å². The zero-order valence-corrected chi connectivity index (χ0v) is 11.6. The molecule has 0 heterocycles. The van der Waals surface area contributed by atoms with E-state index < -0.39 is 0 Å². The molecular weight excluding hydrogens is 266 g/mol. The number of hydrogen-bond donors (Lipinski definition) is 1. The fourth-order valence-corrected chi connectivity index (χ4v) is 2.27. The minimum absolute atomic E-state index is 0.716. The third-order valence-corrected chi connectivity index (χ3v) is 3.46. The summed E-state index contributed by atoms with van der Waals surface area (Å²) in [5.41, 5.74) is 4.27. The average molecular weight is 280 g/mol. The molecule has 0 aliphatic heterocycles. The largest absolute Gasteiger partial charge is 0.354 e. The molecule has 20 heavy (non-hydrogen) atoms. The van der Waals surface area contributed by atoms with Gasteiger partial charge in [0.05, 0.1) is 10.7 Å². The van der Waals surface area contributed by atoms with Crippen LogP contribution in [0, 0.1) is 0 Å². The molecule has 1 N–H and O–H groups in total. The highest BCUT2D eigenvalue weighted by Gasteiger charge is 2.04. The predicted molar refractivity (Wildman–Crippen MR) is 86.6 cm³/mol. The summed E-state index contributed by atoms with van der Waals surface area (Å²) in [7, 11) is 0. The second kappa shape index (κ2) is 5.81. The van der Waals surface area contributed by atoms with Crippen LogP contribution in [0.1, 0.15) is 0 Å². The van der Waals surface area contributed by atoms with Gasteiger partial charge in [0, 0.05) is 5.69 Å². The van der Waals surface area contributed by atoms with E-state index in [9.17, 15) is 0 Å². The first-order valence-electron chi connectivity index (χ1n) is 6.50. The number of benzene rings is 3. The molecule has 0 unspecified atom stereocenters. The Morgan fingerprint density at radius 1 is 0.650 bits per heavy atom. The molecular formula is C18H14ClN. The lowest BCUT2D eigenvalue weighted by atomic mass is 10.1. The SMILES string of the molecule is Clc1ccc(-c2ccccc2)cc1Nc1ccccc1. The molecule has 0 atom stereocenters. The quantitative estimate of drug-likeness (QED) is 0.643. The molecule has 0 aromatic heterocycles.